The lowest BCUT2D eigenvalue weighted by Gasteiger charge is -2.16. The van der Waals surface area contributed by atoms with E-state index in [1.165, 1.54) is 12.4 Å². The summed E-state index contributed by atoms with van der Waals surface area (Å²) in [6.07, 6.45) is 3.07. The molecule has 126 valence electrons. The molecule has 1 saturated carbocycles. The van der Waals surface area contributed by atoms with Crippen molar-refractivity contribution in [1.29, 1.82) is 0 Å². The third kappa shape index (κ3) is 3.48. The fourth-order valence-corrected chi connectivity index (χ4v) is 2.51. The second-order valence-electron chi connectivity index (χ2n) is 5.98. The van der Waals surface area contributed by atoms with Crippen molar-refractivity contribution in [3.05, 3.63) is 47.3 Å². The lowest BCUT2D eigenvalue weighted by Crippen LogP contribution is -2.15. The van der Waals surface area contributed by atoms with Crippen molar-refractivity contribution in [2.45, 2.75) is 32.3 Å². The number of benzene rings is 1. The predicted octanol–water partition coefficient (Wildman–Crippen LogP) is 3.81. The number of aromatic nitrogens is 2. The fourth-order valence-electron chi connectivity index (χ4n) is 2.25. The smallest absolute Gasteiger partial charge is 0.187 e. The van der Waals surface area contributed by atoms with Crippen LogP contribution in [0.15, 0.2) is 28.9 Å². The first-order chi connectivity index (χ1) is 11.4. The fraction of sp³-hybridized carbons (Fsp3) is 0.312. The maximum absolute atomic E-state index is 14.2. The van der Waals surface area contributed by atoms with Crippen molar-refractivity contribution in [2.24, 2.45) is 4.40 Å². The van der Waals surface area contributed by atoms with Gasteiger partial charge in [0, 0.05) is 23.0 Å². The Morgan fingerprint density at radius 3 is 2.71 bits per heavy atom. The zero-order chi connectivity index (χ0) is 17.3. The van der Waals surface area contributed by atoms with Crippen molar-refractivity contribution in [1.82, 2.24) is 9.97 Å². The quantitative estimate of drug-likeness (QED) is 0.504. The minimum absolute atomic E-state index is 0.0709. The standard InChI is InChI=1S/C16H16F2N4OS/c1-9-5-13(21-8-20-9)15(22-24-18)10-6-14(11(17)7-12(10)19)23-16(2)3-4-16/h5-8H,3-4,19H2,1-2H3/b22-15-. The number of nitrogens with two attached hydrogens (primary N) is 1. The van der Waals surface area contributed by atoms with Crippen LogP contribution in [-0.4, -0.2) is 21.3 Å². The molecule has 1 fully saturated rings. The molecule has 0 amide bonds. The van der Waals surface area contributed by atoms with E-state index in [2.05, 4.69) is 14.4 Å². The highest BCUT2D eigenvalue weighted by molar-refractivity contribution is 7.93. The summed E-state index contributed by atoms with van der Waals surface area (Å²) in [6.45, 7) is 3.69. The molecular weight excluding hydrogens is 334 g/mol. The number of hydrogen-bond donors (Lipinski definition) is 1. The maximum Gasteiger partial charge on any atom is 0.187 e. The van der Waals surface area contributed by atoms with Gasteiger partial charge in [-0.05, 0) is 38.8 Å². The monoisotopic (exact) mass is 350 g/mol. The first-order valence-electron chi connectivity index (χ1n) is 7.35. The summed E-state index contributed by atoms with van der Waals surface area (Å²) in [5, 5.41) is 0. The minimum Gasteiger partial charge on any atom is -0.484 e. The molecule has 24 heavy (non-hydrogen) atoms. The number of rotatable bonds is 5. The minimum atomic E-state index is -0.560. The molecule has 5 nitrogen and oxygen atoms in total. The average Bonchev–Trinajstić information content (AvgIpc) is 3.25. The molecule has 0 bridgehead atoms. The van der Waals surface area contributed by atoms with Crippen LogP contribution < -0.4 is 10.5 Å². The van der Waals surface area contributed by atoms with Crippen LogP contribution in [0.3, 0.4) is 0 Å². The average molecular weight is 350 g/mol. The van der Waals surface area contributed by atoms with E-state index in [9.17, 15) is 8.28 Å². The van der Waals surface area contributed by atoms with Gasteiger partial charge in [0.15, 0.2) is 23.9 Å². The molecule has 1 aliphatic rings. The zero-order valence-corrected chi connectivity index (χ0v) is 14.0. The molecule has 0 atom stereocenters. The Bertz CT molecular complexity index is 809. The van der Waals surface area contributed by atoms with Crippen LogP contribution in [0.25, 0.3) is 0 Å². The lowest BCUT2D eigenvalue weighted by atomic mass is 10.0. The summed E-state index contributed by atoms with van der Waals surface area (Å²) < 4.78 is 36.5. The van der Waals surface area contributed by atoms with E-state index in [1.54, 1.807) is 13.0 Å². The Balaban J connectivity index is 2.07. The third-order valence-electron chi connectivity index (χ3n) is 3.84. The van der Waals surface area contributed by atoms with Gasteiger partial charge in [-0.25, -0.2) is 14.4 Å². The first kappa shape index (κ1) is 16.6. The van der Waals surface area contributed by atoms with E-state index >= 15 is 0 Å². The highest BCUT2D eigenvalue weighted by atomic mass is 32.2. The van der Waals surface area contributed by atoms with E-state index in [0.29, 0.717) is 17.0 Å². The summed E-state index contributed by atoms with van der Waals surface area (Å²) in [5.41, 5.74) is 7.36. The molecule has 1 aromatic heterocycles. The number of nitrogens with zero attached hydrogens (tertiary/aromatic N) is 3. The Hall–Kier alpha value is -2.22. The number of aryl methyl sites for hydroxylation is 1. The molecule has 0 spiro atoms. The molecule has 0 saturated heterocycles. The molecule has 0 aliphatic heterocycles. The molecule has 1 heterocycles. The number of hydrogen-bond acceptors (Lipinski definition) is 6. The molecular formula is C16H16F2N4OS. The SMILES string of the molecule is Cc1cc(/C(=N\SF)c2cc(OC3(C)CC3)c(F)cc2N)ncn1. The van der Waals surface area contributed by atoms with Gasteiger partial charge in [0.25, 0.3) is 0 Å². The Morgan fingerprint density at radius 2 is 2.08 bits per heavy atom. The Kier molecular flexibility index (Phi) is 4.40. The molecule has 0 radical (unpaired) electrons. The van der Waals surface area contributed by atoms with Crippen LogP contribution in [0.2, 0.25) is 0 Å². The molecule has 2 aromatic rings. The topological polar surface area (TPSA) is 73.4 Å². The van der Waals surface area contributed by atoms with Gasteiger partial charge in [0.2, 0.25) is 0 Å². The molecule has 8 heteroatoms. The number of halogens is 2. The van der Waals surface area contributed by atoms with E-state index < -0.39 is 5.82 Å². The van der Waals surface area contributed by atoms with Crippen molar-refractivity contribution < 1.29 is 13.0 Å². The second-order valence-corrected chi connectivity index (χ2v) is 6.30. The van der Waals surface area contributed by atoms with Crippen molar-refractivity contribution in [2.75, 3.05) is 5.73 Å². The van der Waals surface area contributed by atoms with Gasteiger partial charge < -0.3 is 10.5 Å². The van der Waals surface area contributed by atoms with Crippen LogP contribution in [-0.2, 0) is 0 Å². The Labute approximate surface area is 142 Å². The van der Waals surface area contributed by atoms with Crippen LogP contribution in [0.4, 0.5) is 14.0 Å². The zero-order valence-electron chi connectivity index (χ0n) is 13.2. The van der Waals surface area contributed by atoms with Crippen molar-refractivity contribution in [3.63, 3.8) is 0 Å². The largest absolute Gasteiger partial charge is 0.484 e. The van der Waals surface area contributed by atoms with Crippen LogP contribution in [0.5, 0.6) is 5.75 Å². The summed E-state index contributed by atoms with van der Waals surface area (Å²) in [5.74, 6) is -0.489. The summed E-state index contributed by atoms with van der Waals surface area (Å²) >= 11 is -0.213. The Morgan fingerprint density at radius 1 is 1.33 bits per heavy atom. The van der Waals surface area contributed by atoms with Crippen LogP contribution >= 0.6 is 12.3 Å². The maximum atomic E-state index is 14.2. The normalized spacial score (nSPS) is 16.1. The third-order valence-corrected chi connectivity index (χ3v) is 4.09. The molecule has 1 aliphatic carbocycles. The van der Waals surface area contributed by atoms with Crippen LogP contribution in [0, 0.1) is 12.7 Å². The van der Waals surface area contributed by atoms with Crippen molar-refractivity contribution >= 4 is 23.7 Å². The first-order valence-corrected chi connectivity index (χ1v) is 8.02. The van der Waals surface area contributed by atoms with Crippen molar-refractivity contribution in [3.8, 4) is 5.75 Å². The summed E-state index contributed by atoms with van der Waals surface area (Å²) in [7, 11) is 0. The van der Waals surface area contributed by atoms with Gasteiger partial charge in [-0.1, -0.05) is 0 Å². The van der Waals surface area contributed by atoms with E-state index in [4.69, 9.17) is 10.5 Å². The highest BCUT2D eigenvalue weighted by Gasteiger charge is 2.40. The van der Waals surface area contributed by atoms with E-state index in [0.717, 1.165) is 18.9 Å². The molecule has 0 unspecified atom stereocenters. The molecule has 2 N–H and O–H groups in total. The number of anilines is 1. The van der Waals surface area contributed by atoms with Gasteiger partial charge in [0.05, 0.1) is 5.69 Å². The van der Waals surface area contributed by atoms with Gasteiger partial charge in [0.1, 0.15) is 17.6 Å². The summed E-state index contributed by atoms with van der Waals surface area (Å²) in [6, 6.07) is 4.25. The highest BCUT2D eigenvalue weighted by Crippen LogP contribution is 2.41. The van der Waals surface area contributed by atoms with Gasteiger partial charge in [-0.2, -0.15) is 4.40 Å². The summed E-state index contributed by atoms with van der Waals surface area (Å²) in [4.78, 5) is 8.11. The van der Waals surface area contributed by atoms with E-state index in [-0.39, 0.29) is 35.1 Å². The van der Waals surface area contributed by atoms with Gasteiger partial charge in [-0.3, -0.25) is 0 Å². The lowest BCUT2D eigenvalue weighted by molar-refractivity contribution is 0.191. The molecule has 1 aromatic carbocycles. The second kappa shape index (κ2) is 6.35. The number of ether oxygens (including phenoxy) is 1. The predicted molar refractivity (Wildman–Crippen MR) is 90.2 cm³/mol. The van der Waals surface area contributed by atoms with Crippen LogP contribution in [0.1, 0.15) is 36.7 Å². The van der Waals surface area contributed by atoms with Gasteiger partial charge >= 0.3 is 0 Å². The van der Waals surface area contributed by atoms with E-state index in [1.807, 2.05) is 6.92 Å². The number of nitrogen functional groups attached to an aromatic ring is 1. The van der Waals surface area contributed by atoms with Gasteiger partial charge in [-0.15, -0.1) is 3.89 Å². The molecule has 3 rings (SSSR count).